The Kier molecular flexibility index (Phi) is 2.89. The Hall–Kier alpha value is -2.44. The van der Waals surface area contributed by atoms with Crippen LogP contribution in [0.25, 0.3) is 11.4 Å². The molecule has 0 radical (unpaired) electrons. The summed E-state index contributed by atoms with van der Waals surface area (Å²) in [6.45, 7) is 0. The van der Waals surface area contributed by atoms with Crippen molar-refractivity contribution in [3.8, 4) is 17.4 Å². The van der Waals surface area contributed by atoms with Gasteiger partial charge in [0, 0.05) is 18.8 Å². The van der Waals surface area contributed by atoms with Gasteiger partial charge in [-0.25, -0.2) is 9.78 Å². The Morgan fingerprint density at radius 2 is 2.25 bits per heavy atom. The summed E-state index contributed by atoms with van der Waals surface area (Å²) in [7, 11) is 3.24. The van der Waals surface area contributed by atoms with Gasteiger partial charge in [-0.3, -0.25) is 4.68 Å². The van der Waals surface area contributed by atoms with Crippen molar-refractivity contribution in [3.05, 3.63) is 23.0 Å². The molecule has 1 aliphatic rings. The number of fused-ring (bicyclic) bond motifs is 3. The lowest BCUT2D eigenvalue weighted by Crippen LogP contribution is -2.03. The van der Waals surface area contributed by atoms with Crippen LogP contribution in [-0.4, -0.2) is 37.9 Å². The number of aryl methyl sites for hydroxylation is 2. The van der Waals surface area contributed by atoms with E-state index in [1.54, 1.807) is 17.9 Å². The predicted octanol–water partition coefficient (Wildman–Crippen LogP) is 1.07. The summed E-state index contributed by atoms with van der Waals surface area (Å²) in [6.07, 6.45) is 4.07. The van der Waals surface area contributed by atoms with Gasteiger partial charge in [-0.1, -0.05) is 0 Å². The van der Waals surface area contributed by atoms with Crippen LogP contribution in [-0.2, 0) is 19.9 Å². The molecule has 2 aromatic rings. The Bertz CT molecular complexity index is 693. The normalized spacial score (nSPS) is 13.3. The van der Waals surface area contributed by atoms with Crippen molar-refractivity contribution in [2.24, 2.45) is 7.05 Å². The molecule has 0 amide bonds. The van der Waals surface area contributed by atoms with Crippen LogP contribution in [0.5, 0.6) is 6.01 Å². The fourth-order valence-electron chi connectivity index (χ4n) is 2.61. The minimum absolute atomic E-state index is 0.105. The fourth-order valence-corrected chi connectivity index (χ4v) is 2.61. The lowest BCUT2D eigenvalue weighted by atomic mass is 10.1. The summed E-state index contributed by atoms with van der Waals surface area (Å²) < 4.78 is 6.64. The Morgan fingerprint density at radius 1 is 1.45 bits per heavy atom. The van der Waals surface area contributed by atoms with Crippen LogP contribution in [0.15, 0.2) is 6.20 Å². The summed E-state index contributed by atoms with van der Waals surface area (Å²) in [4.78, 5) is 19.8. The van der Waals surface area contributed by atoms with E-state index < -0.39 is 5.97 Å². The van der Waals surface area contributed by atoms with Gasteiger partial charge in [-0.15, -0.1) is 0 Å². The molecule has 7 nitrogen and oxygen atoms in total. The summed E-state index contributed by atoms with van der Waals surface area (Å²) in [5.41, 5.74) is 3.29. The quantitative estimate of drug-likeness (QED) is 0.881. The van der Waals surface area contributed by atoms with E-state index >= 15 is 0 Å². The predicted molar refractivity (Wildman–Crippen MR) is 69.8 cm³/mol. The van der Waals surface area contributed by atoms with Crippen molar-refractivity contribution in [3.63, 3.8) is 0 Å². The number of carbonyl (C=O) groups is 1. The van der Waals surface area contributed by atoms with Crippen molar-refractivity contribution in [2.75, 3.05) is 7.11 Å². The van der Waals surface area contributed by atoms with Crippen LogP contribution in [0.4, 0.5) is 0 Å². The van der Waals surface area contributed by atoms with Crippen LogP contribution >= 0.6 is 0 Å². The molecule has 104 valence electrons. The van der Waals surface area contributed by atoms with Crippen molar-refractivity contribution in [2.45, 2.75) is 19.3 Å². The van der Waals surface area contributed by atoms with E-state index in [9.17, 15) is 9.90 Å². The summed E-state index contributed by atoms with van der Waals surface area (Å²) in [5, 5.41) is 13.4. The zero-order valence-corrected chi connectivity index (χ0v) is 11.3. The average Bonchev–Trinajstić information content (AvgIpc) is 2.65. The second-order valence-electron chi connectivity index (χ2n) is 4.69. The van der Waals surface area contributed by atoms with Gasteiger partial charge < -0.3 is 9.84 Å². The molecule has 3 rings (SSSR count). The van der Waals surface area contributed by atoms with Gasteiger partial charge in [0.25, 0.3) is 0 Å². The number of carboxylic acid groups (broad SMARTS) is 1. The van der Waals surface area contributed by atoms with E-state index in [1.165, 1.54) is 7.11 Å². The SMILES string of the molecule is COc1ncc2c(n1)-c1c(c(C(=O)O)nn1C)CCC2. The number of aromatic nitrogens is 4. The monoisotopic (exact) mass is 274 g/mol. The third kappa shape index (κ3) is 1.82. The fraction of sp³-hybridized carbons (Fsp3) is 0.385. The smallest absolute Gasteiger partial charge is 0.356 e. The molecule has 0 aliphatic heterocycles. The number of hydrogen-bond donors (Lipinski definition) is 1. The summed E-state index contributed by atoms with van der Waals surface area (Å²) >= 11 is 0. The van der Waals surface area contributed by atoms with E-state index in [0.29, 0.717) is 12.1 Å². The first kappa shape index (κ1) is 12.6. The van der Waals surface area contributed by atoms with Crippen molar-refractivity contribution >= 4 is 5.97 Å². The molecule has 0 spiro atoms. The van der Waals surface area contributed by atoms with E-state index in [1.807, 2.05) is 0 Å². The van der Waals surface area contributed by atoms with Gasteiger partial charge >= 0.3 is 12.0 Å². The maximum atomic E-state index is 11.3. The number of rotatable bonds is 2. The Balaban J connectivity index is 2.28. The van der Waals surface area contributed by atoms with Gasteiger partial charge in [0.05, 0.1) is 18.5 Å². The molecule has 0 aromatic carbocycles. The first-order chi connectivity index (χ1) is 9.61. The highest BCUT2D eigenvalue weighted by atomic mass is 16.5. The molecule has 0 saturated carbocycles. The van der Waals surface area contributed by atoms with Crippen molar-refractivity contribution in [1.29, 1.82) is 0 Å². The molecule has 7 heteroatoms. The van der Waals surface area contributed by atoms with Gasteiger partial charge in [0.2, 0.25) is 0 Å². The number of nitrogens with zero attached hydrogens (tertiary/aromatic N) is 4. The van der Waals surface area contributed by atoms with Crippen LogP contribution in [0.3, 0.4) is 0 Å². The lowest BCUT2D eigenvalue weighted by Gasteiger charge is -2.07. The van der Waals surface area contributed by atoms with Crippen LogP contribution in [0.1, 0.15) is 28.0 Å². The van der Waals surface area contributed by atoms with E-state index in [0.717, 1.165) is 29.7 Å². The average molecular weight is 274 g/mol. The highest BCUT2D eigenvalue weighted by molar-refractivity contribution is 5.89. The second-order valence-corrected chi connectivity index (χ2v) is 4.69. The highest BCUT2D eigenvalue weighted by Gasteiger charge is 2.27. The minimum Gasteiger partial charge on any atom is -0.476 e. The van der Waals surface area contributed by atoms with Crippen molar-refractivity contribution in [1.82, 2.24) is 19.7 Å². The largest absolute Gasteiger partial charge is 0.476 e. The molecule has 2 heterocycles. The van der Waals surface area contributed by atoms with Gasteiger partial charge in [0.1, 0.15) is 0 Å². The molecule has 0 unspecified atom stereocenters. The number of hydrogen-bond acceptors (Lipinski definition) is 5. The molecule has 2 aromatic heterocycles. The minimum atomic E-state index is -1.01. The zero-order chi connectivity index (χ0) is 14.3. The zero-order valence-electron chi connectivity index (χ0n) is 11.3. The maximum absolute atomic E-state index is 11.3. The third-order valence-electron chi connectivity index (χ3n) is 3.47. The standard InChI is InChI=1S/C13H14N4O3/c1-17-11-8(10(16-17)12(18)19)5-3-4-7-6-14-13(20-2)15-9(7)11/h6H,3-5H2,1-2H3,(H,18,19). The van der Waals surface area contributed by atoms with Gasteiger partial charge in [-0.05, 0) is 24.8 Å². The lowest BCUT2D eigenvalue weighted by molar-refractivity contribution is 0.0688. The summed E-state index contributed by atoms with van der Waals surface area (Å²) in [5.74, 6) is -1.01. The molecular weight excluding hydrogens is 260 g/mol. The third-order valence-corrected chi connectivity index (χ3v) is 3.47. The van der Waals surface area contributed by atoms with E-state index in [4.69, 9.17) is 4.74 Å². The van der Waals surface area contributed by atoms with Crippen molar-refractivity contribution < 1.29 is 14.6 Å². The van der Waals surface area contributed by atoms with E-state index in [2.05, 4.69) is 15.1 Å². The first-order valence-corrected chi connectivity index (χ1v) is 6.31. The van der Waals surface area contributed by atoms with Crippen LogP contribution < -0.4 is 4.74 Å². The molecular formula is C13H14N4O3. The Morgan fingerprint density at radius 3 is 2.95 bits per heavy atom. The maximum Gasteiger partial charge on any atom is 0.356 e. The summed E-state index contributed by atoms with van der Waals surface area (Å²) in [6, 6.07) is 0.273. The molecule has 0 atom stereocenters. The van der Waals surface area contributed by atoms with Crippen LogP contribution in [0.2, 0.25) is 0 Å². The molecule has 1 aliphatic carbocycles. The molecule has 0 fully saturated rings. The Labute approximate surface area is 115 Å². The molecule has 1 N–H and O–H groups in total. The molecule has 20 heavy (non-hydrogen) atoms. The number of aromatic carboxylic acids is 1. The second kappa shape index (κ2) is 4.59. The number of carboxylic acids is 1. The number of methoxy groups -OCH3 is 1. The molecule has 0 bridgehead atoms. The van der Waals surface area contributed by atoms with Crippen LogP contribution in [0, 0.1) is 0 Å². The van der Waals surface area contributed by atoms with Gasteiger partial charge in [-0.2, -0.15) is 10.1 Å². The first-order valence-electron chi connectivity index (χ1n) is 6.31. The number of ether oxygens (including phenoxy) is 1. The molecule has 0 saturated heterocycles. The van der Waals surface area contributed by atoms with Gasteiger partial charge in [0.15, 0.2) is 5.69 Å². The van der Waals surface area contributed by atoms with E-state index in [-0.39, 0.29) is 11.7 Å². The highest BCUT2D eigenvalue weighted by Crippen LogP contribution is 2.33. The topological polar surface area (TPSA) is 90.1 Å².